The highest BCUT2D eigenvalue weighted by atomic mass is 16.1. The van der Waals surface area contributed by atoms with Gasteiger partial charge in [0, 0.05) is 31.6 Å². The van der Waals surface area contributed by atoms with E-state index in [2.05, 4.69) is 29.5 Å². The molecule has 1 fully saturated rings. The van der Waals surface area contributed by atoms with Crippen molar-refractivity contribution in [3.05, 3.63) is 0 Å². The maximum absolute atomic E-state index is 11.5. The van der Waals surface area contributed by atoms with Crippen LogP contribution in [0.4, 0.5) is 0 Å². The Morgan fingerprint density at radius 1 is 1.50 bits per heavy atom. The van der Waals surface area contributed by atoms with Gasteiger partial charge in [-0.1, -0.05) is 6.92 Å². The highest BCUT2D eigenvalue weighted by Crippen LogP contribution is 2.24. The molecule has 1 amide bonds. The number of carbonyl (C=O) groups excluding carboxylic acids is 1. The first-order valence-electron chi connectivity index (χ1n) is 6.33. The van der Waals surface area contributed by atoms with Gasteiger partial charge in [0.15, 0.2) is 0 Å². The van der Waals surface area contributed by atoms with Gasteiger partial charge in [-0.05, 0) is 33.4 Å². The number of hydrogen-bond donors (Lipinski definition) is 2. The Bertz CT molecular complexity index is 216. The molecule has 0 aromatic carbocycles. The summed E-state index contributed by atoms with van der Waals surface area (Å²) in [6, 6.07) is 1.05. The van der Waals surface area contributed by atoms with Gasteiger partial charge in [0.05, 0.1) is 0 Å². The largest absolute Gasteiger partial charge is 0.355 e. The molecule has 1 aliphatic carbocycles. The minimum Gasteiger partial charge on any atom is -0.355 e. The zero-order valence-electron chi connectivity index (χ0n) is 10.8. The number of nitrogens with one attached hydrogen (secondary N) is 2. The van der Waals surface area contributed by atoms with Gasteiger partial charge < -0.3 is 15.5 Å². The first kappa shape index (κ1) is 13.5. The van der Waals surface area contributed by atoms with Crippen molar-refractivity contribution < 1.29 is 4.79 Å². The van der Waals surface area contributed by atoms with Crippen LogP contribution in [0.1, 0.15) is 33.1 Å². The van der Waals surface area contributed by atoms with Gasteiger partial charge >= 0.3 is 0 Å². The molecule has 1 rings (SSSR count). The highest BCUT2D eigenvalue weighted by molar-refractivity contribution is 5.76. The van der Waals surface area contributed by atoms with Crippen molar-refractivity contribution in [2.75, 3.05) is 26.7 Å². The summed E-state index contributed by atoms with van der Waals surface area (Å²) in [6.07, 6.45) is 3.21. The minimum atomic E-state index is 0.151. The Balaban J connectivity index is 2.00. The van der Waals surface area contributed by atoms with Gasteiger partial charge in [-0.3, -0.25) is 4.79 Å². The Hall–Kier alpha value is -0.610. The third-order valence-corrected chi connectivity index (χ3v) is 3.00. The number of amides is 1. The second kappa shape index (κ2) is 6.86. The van der Waals surface area contributed by atoms with E-state index in [9.17, 15) is 4.79 Å². The van der Waals surface area contributed by atoms with Crippen LogP contribution in [0.2, 0.25) is 0 Å². The van der Waals surface area contributed by atoms with Crippen molar-refractivity contribution in [3.8, 4) is 0 Å². The number of hydrogen-bond acceptors (Lipinski definition) is 3. The fourth-order valence-corrected chi connectivity index (χ4v) is 1.84. The molecule has 4 nitrogen and oxygen atoms in total. The zero-order valence-corrected chi connectivity index (χ0v) is 10.8. The van der Waals surface area contributed by atoms with Crippen molar-refractivity contribution in [1.82, 2.24) is 15.5 Å². The molecule has 0 spiro atoms. The van der Waals surface area contributed by atoms with E-state index >= 15 is 0 Å². The van der Waals surface area contributed by atoms with Crippen molar-refractivity contribution in [2.24, 2.45) is 0 Å². The number of nitrogens with zero attached hydrogens (tertiary/aromatic N) is 1. The topological polar surface area (TPSA) is 44.4 Å². The maximum atomic E-state index is 11.5. The lowest BCUT2D eigenvalue weighted by Gasteiger charge is -2.16. The quantitative estimate of drug-likeness (QED) is 0.638. The lowest BCUT2D eigenvalue weighted by atomic mass is 10.2. The molecule has 2 N–H and O–H groups in total. The van der Waals surface area contributed by atoms with Gasteiger partial charge in [0.1, 0.15) is 0 Å². The molecule has 1 aliphatic rings. The average molecular weight is 227 g/mol. The molecule has 1 saturated carbocycles. The summed E-state index contributed by atoms with van der Waals surface area (Å²) >= 11 is 0. The van der Waals surface area contributed by atoms with Crippen molar-refractivity contribution >= 4 is 5.91 Å². The normalized spacial score (nSPS) is 17.5. The zero-order chi connectivity index (χ0) is 12.0. The van der Waals surface area contributed by atoms with Crippen molar-refractivity contribution in [2.45, 2.75) is 45.2 Å². The standard InChI is InChI=1S/C12H25N3O/c1-4-13-10(2)9-12(16)14-7-8-15(3)11-5-6-11/h10-11,13H,4-9H2,1-3H3,(H,14,16). The fraction of sp³-hybridized carbons (Fsp3) is 0.917. The van der Waals surface area contributed by atoms with Crippen molar-refractivity contribution in [3.63, 3.8) is 0 Å². The fourth-order valence-electron chi connectivity index (χ4n) is 1.84. The average Bonchev–Trinajstić information content (AvgIpc) is 3.00. The van der Waals surface area contributed by atoms with Crippen LogP contribution in [0, 0.1) is 0 Å². The van der Waals surface area contributed by atoms with E-state index in [4.69, 9.17) is 0 Å². The second-order valence-corrected chi connectivity index (χ2v) is 4.72. The Labute approximate surface area is 98.8 Å². The van der Waals surface area contributed by atoms with E-state index in [0.29, 0.717) is 6.42 Å². The molecule has 0 aromatic rings. The van der Waals surface area contributed by atoms with E-state index in [0.717, 1.165) is 25.7 Å². The van der Waals surface area contributed by atoms with Crippen LogP contribution in [0.3, 0.4) is 0 Å². The molecule has 16 heavy (non-hydrogen) atoms. The van der Waals surface area contributed by atoms with Gasteiger partial charge in [0.2, 0.25) is 5.91 Å². The summed E-state index contributed by atoms with van der Waals surface area (Å²) in [5.41, 5.74) is 0. The van der Waals surface area contributed by atoms with Crippen LogP contribution < -0.4 is 10.6 Å². The third-order valence-electron chi connectivity index (χ3n) is 3.00. The summed E-state index contributed by atoms with van der Waals surface area (Å²) in [5, 5.41) is 6.20. The lowest BCUT2D eigenvalue weighted by molar-refractivity contribution is -0.121. The number of rotatable bonds is 8. The van der Waals surface area contributed by atoms with E-state index in [1.54, 1.807) is 0 Å². The molecule has 0 heterocycles. The Morgan fingerprint density at radius 2 is 2.19 bits per heavy atom. The van der Waals surface area contributed by atoms with Crippen LogP contribution in [0.5, 0.6) is 0 Å². The van der Waals surface area contributed by atoms with E-state index < -0.39 is 0 Å². The third kappa shape index (κ3) is 5.47. The predicted molar refractivity (Wildman–Crippen MR) is 66.4 cm³/mol. The molecule has 0 aliphatic heterocycles. The maximum Gasteiger partial charge on any atom is 0.221 e. The monoisotopic (exact) mass is 227 g/mol. The molecule has 1 unspecified atom stereocenters. The second-order valence-electron chi connectivity index (χ2n) is 4.72. The molecule has 4 heteroatoms. The molecular formula is C12H25N3O. The van der Waals surface area contributed by atoms with Crippen LogP contribution in [-0.4, -0.2) is 49.6 Å². The van der Waals surface area contributed by atoms with Gasteiger partial charge in [-0.25, -0.2) is 0 Å². The van der Waals surface area contributed by atoms with Crippen LogP contribution in [0.25, 0.3) is 0 Å². The lowest BCUT2D eigenvalue weighted by Crippen LogP contribution is -2.37. The Morgan fingerprint density at radius 3 is 2.75 bits per heavy atom. The van der Waals surface area contributed by atoms with Gasteiger partial charge in [-0.15, -0.1) is 0 Å². The molecule has 94 valence electrons. The van der Waals surface area contributed by atoms with Crippen molar-refractivity contribution in [1.29, 1.82) is 0 Å². The number of likely N-dealkylation sites (N-methyl/N-ethyl adjacent to an activating group) is 1. The van der Waals surface area contributed by atoms with E-state index in [1.165, 1.54) is 12.8 Å². The van der Waals surface area contributed by atoms with Crippen LogP contribution >= 0.6 is 0 Å². The molecular weight excluding hydrogens is 202 g/mol. The summed E-state index contributed by atoms with van der Waals surface area (Å²) in [7, 11) is 2.13. The minimum absolute atomic E-state index is 0.151. The van der Waals surface area contributed by atoms with Crippen LogP contribution in [-0.2, 0) is 4.79 Å². The molecule has 0 bridgehead atoms. The molecule has 0 radical (unpaired) electrons. The van der Waals surface area contributed by atoms with E-state index in [-0.39, 0.29) is 11.9 Å². The summed E-state index contributed by atoms with van der Waals surface area (Å²) in [4.78, 5) is 13.9. The summed E-state index contributed by atoms with van der Waals surface area (Å²) in [5.74, 6) is 0.151. The molecule has 1 atom stereocenters. The smallest absolute Gasteiger partial charge is 0.221 e. The number of carbonyl (C=O) groups is 1. The Kier molecular flexibility index (Phi) is 5.77. The molecule has 0 aromatic heterocycles. The SMILES string of the molecule is CCNC(C)CC(=O)NCCN(C)C1CC1. The summed E-state index contributed by atoms with van der Waals surface area (Å²) < 4.78 is 0. The first-order chi connectivity index (χ1) is 7.63. The van der Waals surface area contributed by atoms with Crippen LogP contribution in [0.15, 0.2) is 0 Å². The van der Waals surface area contributed by atoms with Gasteiger partial charge in [0.25, 0.3) is 0 Å². The van der Waals surface area contributed by atoms with Gasteiger partial charge in [-0.2, -0.15) is 0 Å². The highest BCUT2D eigenvalue weighted by Gasteiger charge is 2.25. The van der Waals surface area contributed by atoms with E-state index in [1.807, 2.05) is 6.92 Å². The molecule has 0 saturated heterocycles. The predicted octanol–water partition coefficient (Wildman–Crippen LogP) is 0.585. The summed E-state index contributed by atoms with van der Waals surface area (Å²) in [6.45, 7) is 6.74. The first-order valence-corrected chi connectivity index (χ1v) is 6.33.